The number of phenolic OH excluding ortho intramolecular Hbond substituents is 1. The lowest BCUT2D eigenvalue weighted by Crippen LogP contribution is -2.13. The van der Waals surface area contributed by atoms with Crippen LogP contribution < -0.4 is 5.32 Å². The monoisotopic (exact) mass is 199 g/mol. The molecule has 4 heteroatoms. The summed E-state index contributed by atoms with van der Waals surface area (Å²) in [7, 11) is 0. The van der Waals surface area contributed by atoms with Gasteiger partial charge in [0.15, 0.2) is 11.6 Å². The van der Waals surface area contributed by atoms with E-state index in [1.54, 1.807) is 0 Å². The van der Waals surface area contributed by atoms with Gasteiger partial charge in [0.05, 0.1) is 0 Å². The van der Waals surface area contributed by atoms with E-state index in [0.717, 1.165) is 31.5 Å². The van der Waals surface area contributed by atoms with E-state index in [4.69, 9.17) is 0 Å². The van der Waals surface area contributed by atoms with Gasteiger partial charge in [0, 0.05) is 17.7 Å². The molecule has 1 aliphatic rings. The van der Waals surface area contributed by atoms with Gasteiger partial charge in [-0.2, -0.15) is 0 Å². The first-order chi connectivity index (χ1) is 6.68. The third kappa shape index (κ3) is 1.57. The van der Waals surface area contributed by atoms with Gasteiger partial charge in [-0.3, -0.25) is 0 Å². The molecule has 0 spiro atoms. The molecule has 0 aromatic heterocycles. The molecule has 1 heterocycles. The summed E-state index contributed by atoms with van der Waals surface area (Å²) in [6.45, 7) is 0.850. The lowest BCUT2D eigenvalue weighted by atomic mass is 10.0. The molecular weight excluding hydrogens is 188 g/mol. The molecule has 1 aromatic carbocycles. The predicted molar refractivity (Wildman–Crippen MR) is 48.0 cm³/mol. The van der Waals surface area contributed by atoms with Crippen molar-refractivity contribution in [3.63, 3.8) is 0 Å². The fourth-order valence-corrected chi connectivity index (χ4v) is 1.78. The second kappa shape index (κ2) is 3.53. The molecule has 1 aliphatic heterocycles. The van der Waals surface area contributed by atoms with Crippen molar-refractivity contribution in [3.05, 3.63) is 29.3 Å². The highest BCUT2D eigenvalue weighted by Crippen LogP contribution is 2.31. The number of phenols is 1. The fraction of sp³-hybridized carbons (Fsp3) is 0.400. The van der Waals surface area contributed by atoms with Crippen LogP contribution in [-0.4, -0.2) is 11.7 Å². The number of nitrogens with one attached hydrogen (secondary N) is 1. The molecule has 1 saturated heterocycles. The summed E-state index contributed by atoms with van der Waals surface area (Å²) in [5.41, 5.74) is 0.446. The van der Waals surface area contributed by atoms with Crippen LogP contribution in [0.3, 0.4) is 0 Å². The molecule has 0 amide bonds. The van der Waals surface area contributed by atoms with Gasteiger partial charge in [0.1, 0.15) is 5.75 Å². The summed E-state index contributed by atoms with van der Waals surface area (Å²) in [5.74, 6) is -2.10. The third-order valence-electron chi connectivity index (χ3n) is 2.51. The number of hydrogen-bond acceptors (Lipinski definition) is 2. The zero-order valence-electron chi connectivity index (χ0n) is 7.56. The minimum absolute atomic E-state index is 0.0508. The van der Waals surface area contributed by atoms with Crippen LogP contribution in [0.4, 0.5) is 8.78 Å². The Bertz CT molecular complexity index is 348. The summed E-state index contributed by atoms with van der Waals surface area (Å²) >= 11 is 0. The van der Waals surface area contributed by atoms with Crippen molar-refractivity contribution in [1.29, 1.82) is 0 Å². The van der Waals surface area contributed by atoms with Crippen LogP contribution in [0.1, 0.15) is 24.4 Å². The molecular formula is C10H11F2NO. The van der Waals surface area contributed by atoms with Crippen molar-refractivity contribution in [1.82, 2.24) is 5.32 Å². The van der Waals surface area contributed by atoms with Crippen LogP contribution in [0.15, 0.2) is 12.1 Å². The number of benzene rings is 1. The topological polar surface area (TPSA) is 32.3 Å². The van der Waals surface area contributed by atoms with E-state index >= 15 is 0 Å². The van der Waals surface area contributed by atoms with Crippen LogP contribution in [-0.2, 0) is 0 Å². The molecule has 76 valence electrons. The molecule has 2 N–H and O–H groups in total. The van der Waals surface area contributed by atoms with Gasteiger partial charge in [-0.15, -0.1) is 0 Å². The maximum absolute atomic E-state index is 12.9. The van der Waals surface area contributed by atoms with E-state index in [1.165, 1.54) is 0 Å². The summed E-state index contributed by atoms with van der Waals surface area (Å²) in [6.07, 6.45) is 1.84. The molecule has 14 heavy (non-hydrogen) atoms. The molecule has 0 radical (unpaired) electrons. The molecule has 2 rings (SSSR count). The highest BCUT2D eigenvalue weighted by atomic mass is 19.2. The SMILES string of the molecule is Oc1cc(F)c(F)cc1[C@H]1CCCN1. The Hall–Kier alpha value is -1.16. The third-order valence-corrected chi connectivity index (χ3v) is 2.51. The van der Waals surface area contributed by atoms with Crippen LogP contribution in [0, 0.1) is 11.6 Å². The Balaban J connectivity index is 2.37. The largest absolute Gasteiger partial charge is 0.507 e. The van der Waals surface area contributed by atoms with E-state index < -0.39 is 11.6 Å². The van der Waals surface area contributed by atoms with Gasteiger partial charge in [-0.1, -0.05) is 0 Å². The van der Waals surface area contributed by atoms with Crippen molar-refractivity contribution in [2.24, 2.45) is 0 Å². The highest BCUT2D eigenvalue weighted by Gasteiger charge is 2.21. The first-order valence-corrected chi connectivity index (χ1v) is 4.60. The quantitative estimate of drug-likeness (QED) is 0.725. The summed E-state index contributed by atoms with van der Waals surface area (Å²) in [5, 5.41) is 12.5. The maximum atomic E-state index is 12.9. The normalized spacial score (nSPS) is 21.4. The first-order valence-electron chi connectivity index (χ1n) is 4.60. The molecule has 1 aromatic rings. The Morgan fingerprint density at radius 1 is 1.29 bits per heavy atom. The van der Waals surface area contributed by atoms with E-state index in [-0.39, 0.29) is 11.8 Å². The Kier molecular flexibility index (Phi) is 2.37. The summed E-state index contributed by atoms with van der Waals surface area (Å²) in [6, 6.07) is 1.84. The smallest absolute Gasteiger partial charge is 0.162 e. The van der Waals surface area contributed by atoms with Gasteiger partial charge in [0.2, 0.25) is 0 Å². The van der Waals surface area contributed by atoms with Crippen molar-refractivity contribution in [2.45, 2.75) is 18.9 Å². The van der Waals surface area contributed by atoms with Gasteiger partial charge in [-0.05, 0) is 25.5 Å². The highest BCUT2D eigenvalue weighted by molar-refractivity contribution is 5.36. The number of halogens is 2. The van der Waals surface area contributed by atoms with Crippen LogP contribution >= 0.6 is 0 Å². The molecule has 0 unspecified atom stereocenters. The lowest BCUT2D eigenvalue weighted by molar-refractivity contribution is 0.437. The van der Waals surface area contributed by atoms with Crippen LogP contribution in [0.5, 0.6) is 5.75 Å². The van der Waals surface area contributed by atoms with Crippen molar-refractivity contribution in [2.75, 3.05) is 6.54 Å². The molecule has 0 bridgehead atoms. The minimum Gasteiger partial charge on any atom is -0.507 e. The molecule has 0 aliphatic carbocycles. The minimum atomic E-state index is -1.01. The standard InChI is InChI=1S/C10H11F2NO/c11-7-4-6(9-2-1-3-13-9)10(14)5-8(7)12/h4-5,9,13-14H,1-3H2/t9-/m1/s1. The fourth-order valence-electron chi connectivity index (χ4n) is 1.78. The summed E-state index contributed by atoms with van der Waals surface area (Å²) < 4.78 is 25.6. The zero-order valence-corrected chi connectivity index (χ0v) is 7.56. The van der Waals surface area contributed by atoms with Gasteiger partial charge >= 0.3 is 0 Å². The van der Waals surface area contributed by atoms with Gasteiger partial charge in [-0.25, -0.2) is 8.78 Å². The Labute approximate surface area is 80.6 Å². The van der Waals surface area contributed by atoms with E-state index in [0.29, 0.717) is 5.56 Å². The van der Waals surface area contributed by atoms with E-state index in [9.17, 15) is 13.9 Å². The van der Waals surface area contributed by atoms with Gasteiger partial charge < -0.3 is 10.4 Å². The summed E-state index contributed by atoms with van der Waals surface area (Å²) in [4.78, 5) is 0. The second-order valence-corrected chi connectivity index (χ2v) is 3.47. The average molecular weight is 199 g/mol. The molecule has 1 atom stereocenters. The lowest BCUT2D eigenvalue weighted by Gasteiger charge is -2.12. The Morgan fingerprint density at radius 2 is 2.00 bits per heavy atom. The maximum Gasteiger partial charge on any atom is 0.162 e. The van der Waals surface area contributed by atoms with Crippen LogP contribution in [0.2, 0.25) is 0 Å². The first kappa shape index (κ1) is 9.40. The number of hydrogen-bond donors (Lipinski definition) is 2. The van der Waals surface area contributed by atoms with Gasteiger partial charge in [0.25, 0.3) is 0 Å². The number of rotatable bonds is 1. The molecule has 1 fully saturated rings. The van der Waals surface area contributed by atoms with E-state index in [2.05, 4.69) is 5.32 Å². The Morgan fingerprint density at radius 3 is 2.64 bits per heavy atom. The van der Waals surface area contributed by atoms with Crippen molar-refractivity contribution >= 4 is 0 Å². The number of aromatic hydroxyl groups is 1. The van der Waals surface area contributed by atoms with Crippen molar-refractivity contribution in [3.8, 4) is 5.75 Å². The predicted octanol–water partition coefficient (Wildman–Crippen LogP) is 2.09. The van der Waals surface area contributed by atoms with Crippen molar-refractivity contribution < 1.29 is 13.9 Å². The molecule has 0 saturated carbocycles. The van der Waals surface area contributed by atoms with Crippen LogP contribution in [0.25, 0.3) is 0 Å². The second-order valence-electron chi connectivity index (χ2n) is 3.47. The average Bonchev–Trinajstić information content (AvgIpc) is 2.64. The molecule has 2 nitrogen and oxygen atoms in total. The van der Waals surface area contributed by atoms with E-state index in [1.807, 2.05) is 0 Å². The zero-order chi connectivity index (χ0) is 10.1.